The molecule has 40 heavy (non-hydrogen) atoms. The number of amides is 1. The fourth-order valence-corrected chi connectivity index (χ4v) is 5.73. The van der Waals surface area contributed by atoms with E-state index in [4.69, 9.17) is 32.9 Å². The molecule has 0 saturated heterocycles. The normalized spacial score (nSPS) is 12.7. The number of pyridine rings is 1. The predicted molar refractivity (Wildman–Crippen MR) is 162 cm³/mol. The topological polar surface area (TPSA) is 68.3 Å². The van der Waals surface area contributed by atoms with Crippen molar-refractivity contribution in [3.05, 3.63) is 97.9 Å². The maximum atomic E-state index is 14.0. The highest BCUT2D eigenvalue weighted by molar-refractivity contribution is 9.10. The Morgan fingerprint density at radius 3 is 2.42 bits per heavy atom. The van der Waals surface area contributed by atoms with Crippen molar-refractivity contribution in [2.45, 2.75) is 45.4 Å². The van der Waals surface area contributed by atoms with E-state index >= 15 is 0 Å². The number of aromatic nitrogens is 1. The molecule has 2 atom stereocenters. The van der Waals surface area contributed by atoms with E-state index in [1.165, 1.54) is 0 Å². The van der Waals surface area contributed by atoms with Crippen LogP contribution in [0.2, 0.25) is 10.0 Å². The number of rotatable bonds is 10. The van der Waals surface area contributed by atoms with Gasteiger partial charge in [-0.2, -0.15) is 0 Å². The number of nitrogens with zero attached hydrogens (tertiary/aromatic N) is 1. The molecular formula is C31H28BrCl2FN2O3. The second-order valence-corrected chi connectivity index (χ2v) is 11.2. The lowest BCUT2D eigenvalue weighted by atomic mass is 9.94. The Morgan fingerprint density at radius 2 is 1.75 bits per heavy atom. The molecule has 0 saturated carbocycles. The van der Waals surface area contributed by atoms with Crippen molar-refractivity contribution >= 4 is 61.9 Å². The van der Waals surface area contributed by atoms with Crippen LogP contribution in [0, 0.1) is 6.92 Å². The van der Waals surface area contributed by atoms with Crippen molar-refractivity contribution in [3.63, 3.8) is 0 Å². The Kier molecular flexibility index (Phi) is 10.2. The fourth-order valence-electron chi connectivity index (χ4n) is 4.66. The zero-order chi connectivity index (χ0) is 28.8. The van der Waals surface area contributed by atoms with E-state index in [1.54, 1.807) is 25.1 Å². The van der Waals surface area contributed by atoms with Crippen LogP contribution in [0.3, 0.4) is 0 Å². The molecule has 208 valence electrons. The van der Waals surface area contributed by atoms with E-state index in [9.17, 15) is 14.0 Å². The van der Waals surface area contributed by atoms with Crippen molar-refractivity contribution in [1.82, 2.24) is 10.3 Å². The number of fused-ring (bicyclic) bond motifs is 1. The summed E-state index contributed by atoms with van der Waals surface area (Å²) in [5.41, 5.74) is 3.90. The van der Waals surface area contributed by atoms with Crippen LogP contribution in [-0.4, -0.2) is 29.8 Å². The Morgan fingerprint density at radius 1 is 1.05 bits per heavy atom. The van der Waals surface area contributed by atoms with Crippen LogP contribution in [0.15, 0.2) is 71.2 Å². The molecule has 5 nitrogen and oxygen atoms in total. The first kappa shape index (κ1) is 30.0. The van der Waals surface area contributed by atoms with Gasteiger partial charge in [0.05, 0.1) is 23.2 Å². The first-order valence-corrected chi connectivity index (χ1v) is 14.4. The van der Waals surface area contributed by atoms with E-state index in [0.717, 1.165) is 10.0 Å². The van der Waals surface area contributed by atoms with E-state index < -0.39 is 18.2 Å². The number of nitrogens with one attached hydrogen (secondary N) is 1. The van der Waals surface area contributed by atoms with Gasteiger partial charge in [0.1, 0.15) is 0 Å². The van der Waals surface area contributed by atoms with Crippen LogP contribution >= 0.6 is 39.1 Å². The molecule has 1 N–H and O–H groups in total. The zero-order valence-corrected chi connectivity index (χ0v) is 25.1. The lowest BCUT2D eigenvalue weighted by Crippen LogP contribution is -2.31. The van der Waals surface area contributed by atoms with Gasteiger partial charge >= 0.3 is 5.97 Å². The van der Waals surface area contributed by atoms with E-state index in [0.29, 0.717) is 49.8 Å². The average Bonchev–Trinajstić information content (AvgIpc) is 2.91. The van der Waals surface area contributed by atoms with Crippen LogP contribution < -0.4 is 5.32 Å². The molecule has 4 aromatic rings. The van der Waals surface area contributed by atoms with Crippen molar-refractivity contribution < 1.29 is 18.7 Å². The van der Waals surface area contributed by atoms with Gasteiger partial charge in [0.2, 0.25) is 6.36 Å². The van der Waals surface area contributed by atoms with Crippen molar-refractivity contribution in [2.24, 2.45) is 0 Å². The van der Waals surface area contributed by atoms with Crippen LogP contribution in [0.4, 0.5) is 4.39 Å². The fraction of sp³-hybridized carbons (Fsp3) is 0.258. The van der Waals surface area contributed by atoms with Gasteiger partial charge in [0.15, 0.2) is 0 Å². The standard InChI is InChI=1S/C31H28BrCl2FN2O3/c1-3-8-26(35)40-27(38)15-20(29-23(33)11-7-12-24(29)34)17-36-31(39)28-18(2)30(19-9-5-4-6-10-19)37-25-14-13-21(32)16-22(25)28/h4-7,9-14,16,20,26H,3,8,15,17H2,1-2H3,(H,36,39). The summed E-state index contributed by atoms with van der Waals surface area (Å²) >= 11 is 16.4. The van der Waals surface area contributed by atoms with Gasteiger partial charge in [-0.25, -0.2) is 9.37 Å². The van der Waals surface area contributed by atoms with Gasteiger partial charge in [-0.3, -0.25) is 9.59 Å². The molecule has 3 aromatic carbocycles. The number of alkyl halides is 1. The molecule has 0 spiro atoms. The number of hydrogen-bond donors (Lipinski definition) is 1. The van der Waals surface area contributed by atoms with Crippen LogP contribution in [-0.2, 0) is 9.53 Å². The Bertz CT molecular complexity index is 1510. The van der Waals surface area contributed by atoms with Crippen molar-refractivity contribution in [3.8, 4) is 11.3 Å². The summed E-state index contributed by atoms with van der Waals surface area (Å²) < 4.78 is 19.8. The SMILES string of the molecule is CCCC(F)OC(=O)CC(CNC(=O)c1c(C)c(-c2ccccc2)nc2ccc(Br)cc12)c1c(Cl)cccc1Cl. The second-order valence-electron chi connectivity index (χ2n) is 9.42. The number of carbonyl (C=O) groups excluding carboxylic acids is 2. The molecule has 1 amide bonds. The molecule has 9 heteroatoms. The molecule has 1 heterocycles. The molecule has 4 rings (SSSR count). The Labute approximate surface area is 251 Å². The third-order valence-corrected chi connectivity index (χ3v) is 7.72. The summed E-state index contributed by atoms with van der Waals surface area (Å²) in [5, 5.41) is 4.32. The lowest BCUT2D eigenvalue weighted by Gasteiger charge is -2.21. The van der Waals surface area contributed by atoms with Gasteiger partial charge in [0.25, 0.3) is 5.91 Å². The molecule has 0 aliphatic rings. The maximum absolute atomic E-state index is 14.0. The number of benzene rings is 3. The van der Waals surface area contributed by atoms with Crippen LogP contribution in [0.5, 0.6) is 0 Å². The predicted octanol–water partition coefficient (Wildman–Crippen LogP) is 8.82. The zero-order valence-electron chi connectivity index (χ0n) is 22.0. The first-order valence-electron chi connectivity index (χ1n) is 12.9. The number of hydrogen-bond acceptors (Lipinski definition) is 4. The molecule has 2 unspecified atom stereocenters. The smallest absolute Gasteiger partial charge is 0.309 e. The van der Waals surface area contributed by atoms with Crippen LogP contribution in [0.25, 0.3) is 22.2 Å². The largest absolute Gasteiger partial charge is 0.431 e. The highest BCUT2D eigenvalue weighted by Gasteiger charge is 2.26. The summed E-state index contributed by atoms with van der Waals surface area (Å²) in [6, 6.07) is 20.2. The van der Waals surface area contributed by atoms with Crippen LogP contribution in [0.1, 0.15) is 53.6 Å². The number of carbonyl (C=O) groups is 2. The van der Waals surface area contributed by atoms with E-state index in [1.807, 2.05) is 55.5 Å². The minimum absolute atomic E-state index is 0.0139. The summed E-state index contributed by atoms with van der Waals surface area (Å²) in [7, 11) is 0. The summed E-state index contributed by atoms with van der Waals surface area (Å²) in [5.74, 6) is -1.74. The molecule has 0 fully saturated rings. The maximum Gasteiger partial charge on any atom is 0.309 e. The molecule has 0 aliphatic carbocycles. The number of ether oxygens (including phenoxy) is 1. The monoisotopic (exact) mass is 644 g/mol. The third kappa shape index (κ3) is 7.00. The molecular weight excluding hydrogens is 618 g/mol. The number of halogens is 4. The van der Waals surface area contributed by atoms with Gasteiger partial charge < -0.3 is 10.1 Å². The van der Waals surface area contributed by atoms with Gasteiger partial charge in [-0.1, -0.05) is 82.5 Å². The van der Waals surface area contributed by atoms with E-state index in [2.05, 4.69) is 21.2 Å². The molecule has 0 radical (unpaired) electrons. The quantitative estimate of drug-likeness (QED) is 0.175. The van der Waals surface area contributed by atoms with Gasteiger partial charge in [-0.05, 0) is 54.8 Å². The summed E-state index contributed by atoms with van der Waals surface area (Å²) in [4.78, 5) is 31.3. The molecule has 1 aromatic heterocycles. The minimum atomic E-state index is -1.70. The van der Waals surface area contributed by atoms with Gasteiger partial charge in [0, 0.05) is 44.4 Å². The highest BCUT2D eigenvalue weighted by atomic mass is 79.9. The average molecular weight is 646 g/mol. The van der Waals surface area contributed by atoms with E-state index in [-0.39, 0.29) is 25.3 Å². The third-order valence-electron chi connectivity index (χ3n) is 6.57. The highest BCUT2D eigenvalue weighted by Crippen LogP contribution is 2.35. The minimum Gasteiger partial charge on any atom is -0.431 e. The molecule has 0 bridgehead atoms. The first-order chi connectivity index (χ1) is 19.2. The second kappa shape index (κ2) is 13.6. The van der Waals surface area contributed by atoms with Crippen molar-refractivity contribution in [1.29, 1.82) is 0 Å². The van der Waals surface area contributed by atoms with Gasteiger partial charge in [-0.15, -0.1) is 0 Å². The Balaban J connectivity index is 1.69. The summed E-state index contributed by atoms with van der Waals surface area (Å²) in [6.45, 7) is 3.67. The van der Waals surface area contributed by atoms with Crippen molar-refractivity contribution in [2.75, 3.05) is 6.54 Å². The summed E-state index contributed by atoms with van der Waals surface area (Å²) in [6.07, 6.45) is -1.28. The Hall–Kier alpha value is -3.00. The number of esters is 1. The molecule has 0 aliphatic heterocycles. The lowest BCUT2D eigenvalue weighted by molar-refractivity contribution is -0.158.